The lowest BCUT2D eigenvalue weighted by molar-refractivity contribution is -0.115. The molecule has 9 heteroatoms. The number of amides is 1. The van der Waals surface area contributed by atoms with Crippen LogP contribution >= 0.6 is 34.7 Å². The van der Waals surface area contributed by atoms with Crippen molar-refractivity contribution in [1.82, 2.24) is 10.2 Å². The summed E-state index contributed by atoms with van der Waals surface area (Å²) < 4.78 is 0.854. The SMILES string of the molecule is N#Cc1ccc(NC(=O)CCSc2nnc(NC3CC3)s2)cc1Cl. The maximum atomic E-state index is 11.9. The predicted octanol–water partition coefficient (Wildman–Crippen LogP) is 3.76. The van der Waals surface area contributed by atoms with Crippen LogP contribution < -0.4 is 10.6 Å². The predicted molar refractivity (Wildman–Crippen MR) is 96.7 cm³/mol. The number of halogens is 1. The summed E-state index contributed by atoms with van der Waals surface area (Å²) in [5, 5.41) is 24.3. The Morgan fingerprint density at radius 2 is 2.29 bits per heavy atom. The standard InChI is InChI=1S/C15H14ClN5OS2/c16-12-7-11(2-1-9(12)8-17)18-13(22)5-6-23-15-21-20-14(24-15)19-10-3-4-10/h1-2,7,10H,3-6H2,(H,18,22)(H,19,20). The summed E-state index contributed by atoms with van der Waals surface area (Å²) in [5.74, 6) is 0.512. The molecular weight excluding hydrogens is 366 g/mol. The minimum Gasteiger partial charge on any atom is -0.357 e. The summed E-state index contributed by atoms with van der Waals surface area (Å²) in [5.41, 5.74) is 0.970. The minimum atomic E-state index is -0.107. The van der Waals surface area contributed by atoms with Gasteiger partial charge in [0, 0.05) is 23.9 Å². The second kappa shape index (κ2) is 7.83. The molecular formula is C15H14ClN5OS2. The fraction of sp³-hybridized carbons (Fsp3) is 0.333. The monoisotopic (exact) mass is 379 g/mol. The number of carbonyl (C=O) groups excluding carboxylic acids is 1. The van der Waals surface area contributed by atoms with Crippen molar-refractivity contribution >= 4 is 51.4 Å². The number of hydrogen-bond donors (Lipinski definition) is 2. The van der Waals surface area contributed by atoms with Crippen molar-refractivity contribution in [3.05, 3.63) is 28.8 Å². The number of nitrogens with one attached hydrogen (secondary N) is 2. The Bertz CT molecular complexity index is 784. The van der Waals surface area contributed by atoms with E-state index in [9.17, 15) is 4.79 Å². The molecule has 1 amide bonds. The molecule has 0 aliphatic heterocycles. The van der Waals surface area contributed by atoms with Gasteiger partial charge in [-0.1, -0.05) is 34.7 Å². The third-order valence-corrected chi connectivity index (χ3v) is 5.54. The molecule has 1 aliphatic carbocycles. The molecule has 0 saturated heterocycles. The zero-order valence-corrected chi connectivity index (χ0v) is 15.0. The van der Waals surface area contributed by atoms with Crippen LogP contribution in [-0.2, 0) is 4.79 Å². The van der Waals surface area contributed by atoms with E-state index in [4.69, 9.17) is 16.9 Å². The molecule has 0 bridgehead atoms. The van der Waals surface area contributed by atoms with Gasteiger partial charge in [0.2, 0.25) is 11.0 Å². The first-order chi connectivity index (χ1) is 11.6. The smallest absolute Gasteiger partial charge is 0.225 e. The molecule has 2 N–H and O–H groups in total. The van der Waals surface area contributed by atoms with E-state index in [1.807, 2.05) is 6.07 Å². The second-order valence-electron chi connectivity index (χ2n) is 5.24. The Balaban J connectivity index is 1.43. The van der Waals surface area contributed by atoms with Gasteiger partial charge in [0.15, 0.2) is 4.34 Å². The number of thioether (sulfide) groups is 1. The van der Waals surface area contributed by atoms with E-state index in [0.717, 1.165) is 9.47 Å². The fourth-order valence-electron chi connectivity index (χ4n) is 1.87. The average molecular weight is 380 g/mol. The van der Waals surface area contributed by atoms with Crippen LogP contribution in [0.15, 0.2) is 22.5 Å². The van der Waals surface area contributed by atoms with Crippen molar-refractivity contribution in [3.8, 4) is 6.07 Å². The van der Waals surface area contributed by atoms with E-state index in [-0.39, 0.29) is 5.91 Å². The number of rotatable bonds is 7. The lowest BCUT2D eigenvalue weighted by atomic mass is 10.2. The van der Waals surface area contributed by atoms with Crippen LogP contribution in [0, 0.1) is 11.3 Å². The highest BCUT2D eigenvalue weighted by atomic mass is 35.5. The number of benzene rings is 1. The maximum absolute atomic E-state index is 11.9. The molecule has 1 aromatic carbocycles. The van der Waals surface area contributed by atoms with Crippen molar-refractivity contribution in [2.24, 2.45) is 0 Å². The van der Waals surface area contributed by atoms with Gasteiger partial charge in [-0.15, -0.1) is 10.2 Å². The van der Waals surface area contributed by atoms with Crippen LogP contribution in [0.2, 0.25) is 5.02 Å². The van der Waals surface area contributed by atoms with Crippen molar-refractivity contribution < 1.29 is 4.79 Å². The molecule has 3 rings (SSSR count). The molecule has 0 unspecified atom stereocenters. The molecule has 0 spiro atoms. The lowest BCUT2D eigenvalue weighted by Crippen LogP contribution is -2.12. The molecule has 1 heterocycles. The van der Waals surface area contributed by atoms with Crippen LogP contribution in [0.5, 0.6) is 0 Å². The third-order valence-electron chi connectivity index (χ3n) is 3.24. The highest BCUT2D eigenvalue weighted by Gasteiger charge is 2.22. The van der Waals surface area contributed by atoms with Crippen LogP contribution in [0.4, 0.5) is 10.8 Å². The van der Waals surface area contributed by atoms with Gasteiger partial charge < -0.3 is 10.6 Å². The summed E-state index contributed by atoms with van der Waals surface area (Å²) in [4.78, 5) is 11.9. The highest BCUT2D eigenvalue weighted by Crippen LogP contribution is 2.30. The first-order valence-corrected chi connectivity index (χ1v) is 9.54. The fourth-order valence-corrected chi connectivity index (χ4v) is 3.93. The molecule has 1 aromatic heterocycles. The Morgan fingerprint density at radius 3 is 3.00 bits per heavy atom. The van der Waals surface area contributed by atoms with E-state index >= 15 is 0 Å². The highest BCUT2D eigenvalue weighted by molar-refractivity contribution is 8.01. The number of hydrogen-bond acceptors (Lipinski definition) is 7. The largest absolute Gasteiger partial charge is 0.357 e. The van der Waals surface area contributed by atoms with Crippen molar-refractivity contribution in [1.29, 1.82) is 5.26 Å². The third kappa shape index (κ3) is 4.84. The van der Waals surface area contributed by atoms with E-state index < -0.39 is 0 Å². The summed E-state index contributed by atoms with van der Waals surface area (Å²) in [6, 6.07) is 7.36. The Labute approximate surface area is 152 Å². The van der Waals surface area contributed by atoms with Crippen molar-refractivity contribution in [3.63, 3.8) is 0 Å². The number of anilines is 2. The zero-order chi connectivity index (χ0) is 16.9. The molecule has 0 atom stereocenters. The molecule has 2 aromatic rings. The van der Waals surface area contributed by atoms with Crippen LogP contribution in [-0.4, -0.2) is 27.9 Å². The van der Waals surface area contributed by atoms with E-state index in [0.29, 0.717) is 34.5 Å². The maximum Gasteiger partial charge on any atom is 0.225 e. The summed E-state index contributed by atoms with van der Waals surface area (Å²) in [6.45, 7) is 0. The van der Waals surface area contributed by atoms with E-state index in [1.54, 1.807) is 18.2 Å². The number of nitrogens with zero attached hydrogens (tertiary/aromatic N) is 3. The van der Waals surface area contributed by atoms with Gasteiger partial charge in [0.05, 0.1) is 10.6 Å². The summed E-state index contributed by atoms with van der Waals surface area (Å²) in [6.07, 6.45) is 2.75. The van der Waals surface area contributed by atoms with E-state index in [1.165, 1.54) is 35.9 Å². The number of nitriles is 1. The Hall–Kier alpha value is -1.82. The Kier molecular flexibility index (Phi) is 5.56. The minimum absolute atomic E-state index is 0.107. The normalized spacial score (nSPS) is 13.3. The topological polar surface area (TPSA) is 90.7 Å². The van der Waals surface area contributed by atoms with E-state index in [2.05, 4.69) is 20.8 Å². The van der Waals surface area contributed by atoms with Crippen LogP contribution in [0.3, 0.4) is 0 Å². The molecule has 1 fully saturated rings. The molecule has 6 nitrogen and oxygen atoms in total. The molecule has 0 radical (unpaired) electrons. The summed E-state index contributed by atoms with van der Waals surface area (Å²) >= 11 is 8.97. The summed E-state index contributed by atoms with van der Waals surface area (Å²) in [7, 11) is 0. The van der Waals surface area contributed by atoms with Gasteiger partial charge in [-0.05, 0) is 31.0 Å². The molecule has 1 aliphatic rings. The average Bonchev–Trinajstić information content (AvgIpc) is 3.25. The van der Waals surface area contributed by atoms with Gasteiger partial charge in [-0.2, -0.15) is 5.26 Å². The molecule has 1 saturated carbocycles. The Morgan fingerprint density at radius 1 is 1.46 bits per heavy atom. The van der Waals surface area contributed by atoms with Crippen molar-refractivity contribution in [2.75, 3.05) is 16.4 Å². The van der Waals surface area contributed by atoms with Gasteiger partial charge in [0.1, 0.15) is 6.07 Å². The molecule has 124 valence electrons. The van der Waals surface area contributed by atoms with Gasteiger partial charge >= 0.3 is 0 Å². The lowest BCUT2D eigenvalue weighted by Gasteiger charge is -2.05. The van der Waals surface area contributed by atoms with Crippen LogP contribution in [0.1, 0.15) is 24.8 Å². The second-order valence-corrected chi connectivity index (χ2v) is 7.97. The first kappa shape index (κ1) is 17.0. The first-order valence-electron chi connectivity index (χ1n) is 7.36. The zero-order valence-electron chi connectivity index (χ0n) is 12.6. The van der Waals surface area contributed by atoms with Crippen LogP contribution in [0.25, 0.3) is 0 Å². The molecule has 24 heavy (non-hydrogen) atoms. The number of aromatic nitrogens is 2. The quantitative estimate of drug-likeness (QED) is 0.712. The van der Waals surface area contributed by atoms with Gasteiger partial charge in [-0.25, -0.2) is 0 Å². The van der Waals surface area contributed by atoms with Gasteiger partial charge in [0.25, 0.3) is 0 Å². The number of carbonyl (C=O) groups is 1. The van der Waals surface area contributed by atoms with Crippen molar-refractivity contribution in [2.45, 2.75) is 29.6 Å². The van der Waals surface area contributed by atoms with Gasteiger partial charge in [-0.3, -0.25) is 4.79 Å².